The van der Waals surface area contributed by atoms with Crippen LogP contribution in [0.5, 0.6) is 5.88 Å². The average Bonchev–Trinajstić information content (AvgIpc) is 3.06. The summed E-state index contributed by atoms with van der Waals surface area (Å²) in [4.78, 5) is 4.32. The molecule has 0 amide bonds. The summed E-state index contributed by atoms with van der Waals surface area (Å²) < 4.78 is 47.6. The van der Waals surface area contributed by atoms with Gasteiger partial charge in [-0.1, -0.05) is 6.07 Å². The molecule has 9 heteroatoms. The molecule has 0 aliphatic carbocycles. The van der Waals surface area contributed by atoms with Crippen LogP contribution in [0.25, 0.3) is 5.65 Å². The molecule has 1 aliphatic heterocycles. The second-order valence-corrected chi connectivity index (χ2v) is 8.91. The number of halogens is 1. The van der Waals surface area contributed by atoms with Crippen molar-refractivity contribution in [3.05, 3.63) is 54.1 Å². The van der Waals surface area contributed by atoms with E-state index in [0.717, 1.165) is 17.4 Å². The minimum Gasteiger partial charge on any atom is -0.476 e. The molecule has 1 fully saturated rings. The minimum atomic E-state index is -3.67. The van der Waals surface area contributed by atoms with Gasteiger partial charge in [-0.2, -0.15) is 4.31 Å². The van der Waals surface area contributed by atoms with Crippen molar-refractivity contribution < 1.29 is 17.5 Å². The molecule has 1 saturated heterocycles. The van der Waals surface area contributed by atoms with E-state index in [-0.39, 0.29) is 10.8 Å². The van der Waals surface area contributed by atoms with Crippen molar-refractivity contribution in [1.29, 1.82) is 0 Å². The van der Waals surface area contributed by atoms with Gasteiger partial charge in [0.1, 0.15) is 5.82 Å². The van der Waals surface area contributed by atoms with Gasteiger partial charge >= 0.3 is 0 Å². The van der Waals surface area contributed by atoms with Crippen molar-refractivity contribution in [3.63, 3.8) is 0 Å². The molecule has 0 saturated carbocycles. The molecule has 1 aromatic carbocycles. The Hall–Kier alpha value is -2.52. The van der Waals surface area contributed by atoms with Crippen LogP contribution in [0.3, 0.4) is 0 Å². The third kappa shape index (κ3) is 3.85. The van der Waals surface area contributed by atoms with Crippen LogP contribution in [0.2, 0.25) is 0 Å². The lowest BCUT2D eigenvalue weighted by atomic mass is 9.99. The van der Waals surface area contributed by atoms with Crippen LogP contribution < -0.4 is 4.74 Å². The number of hydrogen-bond donors (Lipinski definition) is 0. The molecule has 3 aromatic rings. The lowest BCUT2D eigenvalue weighted by Crippen LogP contribution is -2.39. The van der Waals surface area contributed by atoms with Gasteiger partial charge in [0.25, 0.3) is 0 Å². The van der Waals surface area contributed by atoms with Gasteiger partial charge in [-0.15, -0.1) is 5.10 Å². The number of rotatable bonds is 5. The van der Waals surface area contributed by atoms with Crippen LogP contribution in [0.1, 0.15) is 18.5 Å². The molecule has 0 N–H and O–H groups in total. The summed E-state index contributed by atoms with van der Waals surface area (Å²) in [6.07, 6.45) is 3.19. The van der Waals surface area contributed by atoms with Crippen LogP contribution >= 0.6 is 0 Å². The van der Waals surface area contributed by atoms with E-state index in [4.69, 9.17) is 4.74 Å². The van der Waals surface area contributed by atoms with Crippen LogP contribution in [0, 0.1) is 18.7 Å². The number of fused-ring (bicyclic) bond motifs is 1. The van der Waals surface area contributed by atoms with Gasteiger partial charge in [0.05, 0.1) is 23.4 Å². The first-order valence-electron chi connectivity index (χ1n) is 9.13. The Morgan fingerprint density at radius 2 is 2.00 bits per heavy atom. The molecule has 0 spiro atoms. The van der Waals surface area contributed by atoms with Crippen LogP contribution in [0.15, 0.2) is 47.5 Å². The third-order valence-electron chi connectivity index (χ3n) is 4.89. The number of aromatic nitrogens is 3. The molecule has 0 atom stereocenters. The Kier molecular flexibility index (Phi) is 5.03. The molecule has 7 nitrogen and oxygen atoms in total. The fourth-order valence-electron chi connectivity index (χ4n) is 3.36. The van der Waals surface area contributed by atoms with Crippen molar-refractivity contribution >= 4 is 15.7 Å². The molecule has 2 aromatic heterocycles. The first-order valence-corrected chi connectivity index (χ1v) is 10.6. The summed E-state index contributed by atoms with van der Waals surface area (Å²) in [5.74, 6) is 0.197. The Balaban J connectivity index is 1.34. The van der Waals surface area contributed by atoms with Crippen LogP contribution in [-0.2, 0) is 10.0 Å². The van der Waals surface area contributed by atoms with Gasteiger partial charge in [-0.05, 0) is 49.9 Å². The number of sulfonamides is 1. The van der Waals surface area contributed by atoms with E-state index in [0.29, 0.717) is 38.4 Å². The predicted octanol–water partition coefficient (Wildman–Crippen LogP) is 2.66. The van der Waals surface area contributed by atoms with E-state index in [1.165, 1.54) is 22.5 Å². The van der Waals surface area contributed by atoms with E-state index in [9.17, 15) is 12.8 Å². The van der Waals surface area contributed by atoms with E-state index < -0.39 is 15.8 Å². The highest BCUT2D eigenvalue weighted by Gasteiger charge is 2.29. The van der Waals surface area contributed by atoms with Crippen LogP contribution in [-0.4, -0.2) is 47.0 Å². The summed E-state index contributed by atoms with van der Waals surface area (Å²) in [5.41, 5.74) is 1.65. The highest BCUT2D eigenvalue weighted by molar-refractivity contribution is 7.89. The molecule has 0 bridgehead atoms. The Morgan fingerprint density at radius 1 is 1.21 bits per heavy atom. The largest absolute Gasteiger partial charge is 0.476 e. The van der Waals surface area contributed by atoms with Gasteiger partial charge in [0, 0.05) is 19.2 Å². The van der Waals surface area contributed by atoms with Gasteiger partial charge in [0.2, 0.25) is 15.9 Å². The van der Waals surface area contributed by atoms with E-state index in [2.05, 4.69) is 10.1 Å². The highest BCUT2D eigenvalue weighted by atomic mass is 32.2. The quantitative estimate of drug-likeness (QED) is 0.653. The third-order valence-corrected chi connectivity index (χ3v) is 6.78. The molecule has 3 heterocycles. The molecule has 1 aliphatic rings. The lowest BCUT2D eigenvalue weighted by molar-refractivity contribution is 0.179. The molecule has 0 unspecified atom stereocenters. The van der Waals surface area contributed by atoms with Gasteiger partial charge in [-0.25, -0.2) is 22.3 Å². The highest BCUT2D eigenvalue weighted by Crippen LogP contribution is 2.24. The van der Waals surface area contributed by atoms with Crippen molar-refractivity contribution in [1.82, 2.24) is 18.9 Å². The van der Waals surface area contributed by atoms with E-state index >= 15 is 0 Å². The van der Waals surface area contributed by atoms with Crippen molar-refractivity contribution in [2.45, 2.75) is 24.7 Å². The minimum absolute atomic E-state index is 0.00433. The second kappa shape index (κ2) is 7.48. The number of piperidine rings is 1. The van der Waals surface area contributed by atoms with Gasteiger partial charge < -0.3 is 4.74 Å². The summed E-state index contributed by atoms with van der Waals surface area (Å²) in [7, 11) is -3.67. The smallest absolute Gasteiger partial charge is 0.243 e. The summed E-state index contributed by atoms with van der Waals surface area (Å²) >= 11 is 0. The average molecular weight is 404 g/mol. The predicted molar refractivity (Wildman–Crippen MR) is 101 cm³/mol. The molecule has 4 rings (SSSR count). The zero-order valence-electron chi connectivity index (χ0n) is 15.5. The fourth-order valence-corrected chi connectivity index (χ4v) is 4.86. The topological polar surface area (TPSA) is 76.8 Å². The van der Waals surface area contributed by atoms with Gasteiger partial charge in [0.15, 0.2) is 5.65 Å². The molecule has 0 radical (unpaired) electrons. The Labute approximate surface area is 162 Å². The first-order chi connectivity index (χ1) is 13.4. The number of ether oxygens (including phenoxy) is 1. The van der Waals surface area contributed by atoms with Crippen LogP contribution in [0.4, 0.5) is 4.39 Å². The maximum Gasteiger partial charge on any atom is 0.243 e. The summed E-state index contributed by atoms with van der Waals surface area (Å²) in [5, 5.41) is 4.37. The molecular formula is C19H21FN4O3S. The van der Waals surface area contributed by atoms with Crippen molar-refractivity contribution in [2.24, 2.45) is 5.92 Å². The normalized spacial score (nSPS) is 16.5. The van der Waals surface area contributed by atoms with E-state index in [1.807, 2.05) is 19.2 Å². The Morgan fingerprint density at radius 3 is 2.75 bits per heavy atom. The maximum absolute atomic E-state index is 13.4. The number of benzene rings is 1. The van der Waals surface area contributed by atoms with Gasteiger partial charge in [-0.3, -0.25) is 0 Å². The standard InChI is InChI=1S/C19H21FN4O3S/c1-14-12-24-18(21-14)5-6-19(22-24)27-13-15-7-9-23(10-8-15)28(25,26)17-4-2-3-16(20)11-17/h2-6,11-12,15H,7-10,13H2,1H3. The molecule has 148 valence electrons. The zero-order chi connectivity index (χ0) is 19.7. The second-order valence-electron chi connectivity index (χ2n) is 6.97. The Bertz CT molecular complexity index is 1090. The molecule has 28 heavy (non-hydrogen) atoms. The number of aryl methyl sites for hydroxylation is 1. The number of imidazole rings is 1. The summed E-state index contributed by atoms with van der Waals surface area (Å²) in [6, 6.07) is 8.76. The SMILES string of the molecule is Cc1cn2nc(OCC3CCN(S(=O)(=O)c4cccc(F)c4)CC3)ccc2n1. The first kappa shape index (κ1) is 18.8. The fraction of sp³-hybridized carbons (Fsp3) is 0.368. The molecular weight excluding hydrogens is 383 g/mol. The van der Waals surface area contributed by atoms with Crippen molar-refractivity contribution in [2.75, 3.05) is 19.7 Å². The number of nitrogens with zero attached hydrogens (tertiary/aromatic N) is 4. The number of hydrogen-bond acceptors (Lipinski definition) is 5. The summed E-state index contributed by atoms with van der Waals surface area (Å²) in [6.45, 7) is 3.15. The zero-order valence-corrected chi connectivity index (χ0v) is 16.3. The maximum atomic E-state index is 13.4. The monoisotopic (exact) mass is 404 g/mol. The van der Waals surface area contributed by atoms with Crippen molar-refractivity contribution in [3.8, 4) is 5.88 Å². The lowest BCUT2D eigenvalue weighted by Gasteiger charge is -2.31. The van der Waals surface area contributed by atoms with E-state index in [1.54, 1.807) is 10.6 Å².